The Morgan fingerprint density at radius 3 is 2.67 bits per heavy atom. The van der Waals surface area contributed by atoms with Gasteiger partial charge in [-0.15, -0.1) is 0 Å². The number of benzene rings is 1. The molecule has 1 fully saturated rings. The maximum Gasteiger partial charge on any atom is 0.433 e. The van der Waals surface area contributed by atoms with Crippen molar-refractivity contribution < 1.29 is 27.4 Å². The van der Waals surface area contributed by atoms with Crippen molar-refractivity contribution >= 4 is 22.7 Å². The molecule has 188 valence electrons. The molecule has 0 radical (unpaired) electrons. The van der Waals surface area contributed by atoms with Gasteiger partial charge in [0.1, 0.15) is 17.0 Å². The van der Waals surface area contributed by atoms with Crippen LogP contribution in [0.25, 0.3) is 10.9 Å². The van der Waals surface area contributed by atoms with Crippen LogP contribution in [0.5, 0.6) is 5.75 Å². The molecule has 9 nitrogen and oxygen atoms in total. The van der Waals surface area contributed by atoms with E-state index in [4.69, 9.17) is 15.2 Å². The summed E-state index contributed by atoms with van der Waals surface area (Å²) in [4.78, 5) is 30.3. The first-order valence-electron chi connectivity index (χ1n) is 11.2. The lowest BCUT2D eigenvalue weighted by molar-refractivity contribution is -0.141. The predicted octanol–water partition coefficient (Wildman–Crippen LogP) is 2.85. The minimum atomic E-state index is -4.62. The van der Waals surface area contributed by atoms with Crippen molar-refractivity contribution in [1.29, 1.82) is 0 Å². The molecular formula is C24H23F3N6O3. The first-order valence-corrected chi connectivity index (χ1v) is 11.2. The maximum absolute atomic E-state index is 13.4. The van der Waals surface area contributed by atoms with Gasteiger partial charge in [0, 0.05) is 36.3 Å². The number of halogens is 3. The molecule has 1 aromatic carbocycles. The number of fused-ring (bicyclic) bond motifs is 2. The number of amides is 1. The van der Waals surface area contributed by atoms with Crippen LogP contribution in [-0.2, 0) is 15.7 Å². The monoisotopic (exact) mass is 500 g/mol. The average Bonchev–Trinajstić information content (AvgIpc) is 3.38. The second kappa shape index (κ2) is 8.12. The summed E-state index contributed by atoms with van der Waals surface area (Å²) in [6.45, 7) is 3.61. The summed E-state index contributed by atoms with van der Waals surface area (Å²) in [5.74, 6) is -0.104. The zero-order valence-electron chi connectivity index (χ0n) is 19.7. The highest BCUT2D eigenvalue weighted by Crippen LogP contribution is 2.58. The van der Waals surface area contributed by atoms with Gasteiger partial charge in [-0.05, 0) is 38.1 Å². The van der Waals surface area contributed by atoms with Crippen LogP contribution < -0.4 is 15.8 Å². The Hall–Kier alpha value is -3.80. The number of hydrogen-bond acceptors (Lipinski definition) is 8. The predicted molar refractivity (Wildman–Crippen MR) is 123 cm³/mol. The summed E-state index contributed by atoms with van der Waals surface area (Å²) in [5.41, 5.74) is 4.35. The quantitative estimate of drug-likeness (QED) is 0.533. The smallest absolute Gasteiger partial charge is 0.433 e. The molecule has 36 heavy (non-hydrogen) atoms. The van der Waals surface area contributed by atoms with Crippen LogP contribution >= 0.6 is 0 Å². The highest BCUT2D eigenvalue weighted by atomic mass is 19.4. The number of aliphatic imine (C=N–C) groups is 1. The van der Waals surface area contributed by atoms with E-state index in [2.05, 4.69) is 25.3 Å². The molecular weight excluding hydrogens is 477 g/mol. The Morgan fingerprint density at radius 2 is 2.00 bits per heavy atom. The second-order valence-electron chi connectivity index (χ2n) is 8.88. The number of hydrogen-bond donors (Lipinski definition) is 2. The summed E-state index contributed by atoms with van der Waals surface area (Å²) >= 11 is 0. The van der Waals surface area contributed by atoms with Gasteiger partial charge in [0.05, 0.1) is 24.5 Å². The van der Waals surface area contributed by atoms with E-state index < -0.39 is 29.1 Å². The van der Waals surface area contributed by atoms with E-state index in [0.29, 0.717) is 22.3 Å². The highest BCUT2D eigenvalue weighted by Gasteiger charge is 2.78. The van der Waals surface area contributed by atoms with Crippen molar-refractivity contribution in [2.45, 2.75) is 43.6 Å². The first-order chi connectivity index (χ1) is 17.0. The van der Waals surface area contributed by atoms with E-state index >= 15 is 0 Å². The van der Waals surface area contributed by atoms with Crippen LogP contribution in [0, 0.1) is 6.92 Å². The maximum atomic E-state index is 13.4. The number of aromatic nitrogens is 3. The van der Waals surface area contributed by atoms with Gasteiger partial charge in [0.2, 0.25) is 5.90 Å². The fourth-order valence-electron chi connectivity index (χ4n) is 4.68. The molecule has 0 spiro atoms. The van der Waals surface area contributed by atoms with Crippen molar-refractivity contribution in [3.63, 3.8) is 0 Å². The molecule has 3 atom stereocenters. The number of carbonyl (C=O) groups excluding carboxylic acids is 1. The lowest BCUT2D eigenvalue weighted by Crippen LogP contribution is -2.43. The van der Waals surface area contributed by atoms with Crippen LogP contribution in [0.2, 0.25) is 0 Å². The SMILES string of the molecule is COc1ccc(C2=NC3(C(=O)NC(C)c4nccnc4C)CC3(CN)O2)c2ccc(C(F)(F)F)nc12. The zero-order chi connectivity index (χ0) is 25.9. The van der Waals surface area contributed by atoms with Gasteiger partial charge in [0.25, 0.3) is 5.91 Å². The number of nitrogens with one attached hydrogen (secondary N) is 1. The van der Waals surface area contributed by atoms with Gasteiger partial charge >= 0.3 is 6.18 Å². The molecule has 1 amide bonds. The normalized spacial score (nSPS) is 23.5. The minimum absolute atomic E-state index is 0.00347. The molecule has 2 aromatic heterocycles. The van der Waals surface area contributed by atoms with Gasteiger partial charge in [-0.3, -0.25) is 14.8 Å². The Balaban J connectivity index is 1.52. The summed E-state index contributed by atoms with van der Waals surface area (Å²) in [6, 6.07) is 4.83. The fraction of sp³-hybridized carbons (Fsp3) is 0.375. The lowest BCUT2D eigenvalue weighted by Gasteiger charge is -2.19. The number of nitrogens with two attached hydrogens (primary N) is 1. The zero-order valence-corrected chi connectivity index (χ0v) is 19.7. The molecule has 3 N–H and O–H groups in total. The molecule has 2 aliphatic rings. The van der Waals surface area contributed by atoms with Gasteiger partial charge in [-0.1, -0.05) is 0 Å². The van der Waals surface area contributed by atoms with E-state index in [9.17, 15) is 18.0 Å². The molecule has 0 saturated heterocycles. The third-order valence-electron chi connectivity index (χ3n) is 6.70. The molecule has 5 rings (SSSR count). The molecule has 3 aromatic rings. The summed E-state index contributed by atoms with van der Waals surface area (Å²) in [5, 5.41) is 3.27. The largest absolute Gasteiger partial charge is 0.494 e. The van der Waals surface area contributed by atoms with Crippen molar-refractivity contribution in [1.82, 2.24) is 20.3 Å². The van der Waals surface area contributed by atoms with Crippen molar-refractivity contribution in [2.75, 3.05) is 13.7 Å². The van der Waals surface area contributed by atoms with Crippen molar-refractivity contribution in [3.8, 4) is 5.75 Å². The van der Waals surface area contributed by atoms with Crippen LogP contribution in [0.3, 0.4) is 0 Å². The van der Waals surface area contributed by atoms with E-state index in [-0.39, 0.29) is 36.0 Å². The molecule has 1 saturated carbocycles. The van der Waals surface area contributed by atoms with Crippen LogP contribution in [-0.4, -0.2) is 51.6 Å². The van der Waals surface area contributed by atoms with Crippen molar-refractivity contribution in [3.05, 3.63) is 59.3 Å². The lowest BCUT2D eigenvalue weighted by atomic mass is 10.1. The number of pyridine rings is 1. The standard InChI is InChI=1S/C24H23F3N6O3/c1-12-18(30-9-8-29-12)13(2)31-21(34)23-10-22(23,11-28)36-20(33-23)15-4-6-16(35-3)19-14(15)5-7-17(32-19)24(25,26)27/h4-9,13H,10-11,28H2,1-3H3,(H,31,34). The van der Waals surface area contributed by atoms with E-state index in [1.807, 2.05) is 0 Å². The van der Waals surface area contributed by atoms with E-state index in [0.717, 1.165) is 6.07 Å². The molecule has 1 aliphatic heterocycles. The number of nitrogens with zero attached hydrogens (tertiary/aromatic N) is 4. The Kier molecular flexibility index (Phi) is 5.39. The minimum Gasteiger partial charge on any atom is -0.494 e. The summed E-state index contributed by atoms with van der Waals surface area (Å²) in [6.07, 6.45) is -1.23. The second-order valence-corrected chi connectivity index (χ2v) is 8.88. The number of alkyl halides is 3. The summed E-state index contributed by atoms with van der Waals surface area (Å²) < 4.78 is 51.2. The number of rotatable bonds is 6. The molecule has 0 bridgehead atoms. The molecule has 12 heteroatoms. The molecule has 3 heterocycles. The topological polar surface area (TPSA) is 125 Å². The number of methoxy groups -OCH3 is 1. The Morgan fingerprint density at radius 1 is 1.25 bits per heavy atom. The third-order valence-corrected chi connectivity index (χ3v) is 6.70. The number of carbonyl (C=O) groups is 1. The Bertz CT molecular complexity index is 1410. The van der Waals surface area contributed by atoms with Gasteiger partial charge in [-0.2, -0.15) is 13.2 Å². The van der Waals surface area contributed by atoms with E-state index in [1.165, 1.54) is 19.2 Å². The number of ether oxygens (including phenoxy) is 2. The third kappa shape index (κ3) is 3.55. The van der Waals surface area contributed by atoms with Gasteiger partial charge in [0.15, 0.2) is 11.1 Å². The van der Waals surface area contributed by atoms with Crippen LogP contribution in [0.1, 0.15) is 42.0 Å². The summed E-state index contributed by atoms with van der Waals surface area (Å²) in [7, 11) is 1.35. The molecule has 1 aliphatic carbocycles. The van der Waals surface area contributed by atoms with Crippen molar-refractivity contribution in [2.24, 2.45) is 10.7 Å². The first kappa shape index (κ1) is 23.9. The average molecular weight is 500 g/mol. The van der Waals surface area contributed by atoms with Crippen LogP contribution in [0.15, 0.2) is 41.7 Å². The fourth-order valence-corrected chi connectivity index (χ4v) is 4.68. The van der Waals surface area contributed by atoms with Gasteiger partial charge in [-0.25, -0.2) is 9.98 Å². The number of aryl methyl sites for hydroxylation is 1. The molecule has 3 unspecified atom stereocenters. The Labute approximate surface area is 204 Å². The highest BCUT2D eigenvalue weighted by molar-refractivity contribution is 6.11. The van der Waals surface area contributed by atoms with Gasteiger partial charge < -0.3 is 20.5 Å². The van der Waals surface area contributed by atoms with E-state index in [1.54, 1.807) is 32.3 Å². The van der Waals surface area contributed by atoms with Crippen LogP contribution in [0.4, 0.5) is 13.2 Å².